The minimum atomic E-state index is 0.672. The highest BCUT2D eigenvalue weighted by atomic mass is 15.2. The van der Waals surface area contributed by atoms with Crippen LogP contribution in [0.2, 0.25) is 0 Å². The molecule has 2 heteroatoms. The van der Waals surface area contributed by atoms with Crippen molar-refractivity contribution in [2.45, 2.75) is 45.7 Å². The lowest BCUT2D eigenvalue weighted by Gasteiger charge is -2.36. The van der Waals surface area contributed by atoms with E-state index in [-0.39, 0.29) is 0 Å². The quantitative estimate of drug-likeness (QED) is 0.690. The van der Waals surface area contributed by atoms with Crippen molar-refractivity contribution < 1.29 is 0 Å². The molecule has 0 aromatic heterocycles. The van der Waals surface area contributed by atoms with E-state index in [1.54, 1.807) is 0 Å². The molecule has 1 aliphatic rings. The van der Waals surface area contributed by atoms with Crippen LogP contribution in [-0.2, 0) is 0 Å². The number of hydrogen-bond acceptors (Lipinski definition) is 2. The van der Waals surface area contributed by atoms with Gasteiger partial charge in [-0.1, -0.05) is 13.3 Å². The minimum Gasteiger partial charge on any atom is -0.309 e. The topological polar surface area (TPSA) is 15.3 Å². The summed E-state index contributed by atoms with van der Waals surface area (Å²) < 4.78 is 0. The van der Waals surface area contributed by atoms with Gasteiger partial charge in [0.2, 0.25) is 0 Å². The summed E-state index contributed by atoms with van der Waals surface area (Å²) in [6, 6.07) is 1.34. The number of unbranched alkanes of at least 4 members (excludes halogenated alkanes) is 1. The van der Waals surface area contributed by atoms with Crippen molar-refractivity contribution in [2.24, 2.45) is 0 Å². The molecule has 0 saturated carbocycles. The van der Waals surface area contributed by atoms with Gasteiger partial charge in [-0.15, -0.1) is 0 Å². The molecule has 1 rings (SSSR count). The zero-order valence-electron chi connectivity index (χ0n) is 8.64. The first-order chi connectivity index (χ1) is 5.72. The highest BCUT2D eigenvalue weighted by Crippen LogP contribution is 2.04. The smallest absolute Gasteiger partial charge is 0.0169 e. The van der Waals surface area contributed by atoms with Gasteiger partial charge in [-0.05, 0) is 26.8 Å². The van der Waals surface area contributed by atoms with Gasteiger partial charge in [0.15, 0.2) is 0 Å². The van der Waals surface area contributed by atoms with Crippen molar-refractivity contribution in [1.82, 2.24) is 10.2 Å². The predicted molar refractivity (Wildman–Crippen MR) is 53.4 cm³/mol. The van der Waals surface area contributed by atoms with E-state index in [4.69, 9.17) is 0 Å². The molecule has 1 heterocycles. The third kappa shape index (κ3) is 3.11. The maximum atomic E-state index is 3.54. The van der Waals surface area contributed by atoms with Gasteiger partial charge in [0, 0.05) is 25.2 Å². The third-order valence-corrected chi connectivity index (χ3v) is 2.46. The Balaban J connectivity index is 2.24. The Hall–Kier alpha value is -0.0800. The molecule has 2 atom stereocenters. The first-order valence-corrected chi connectivity index (χ1v) is 5.20. The SMILES string of the molecule is CCCCN1C[C@@H](C)N[C@@H](C)C1. The van der Waals surface area contributed by atoms with Gasteiger partial charge < -0.3 is 10.2 Å². The molecule has 1 saturated heterocycles. The molecule has 1 aliphatic heterocycles. The zero-order valence-corrected chi connectivity index (χ0v) is 8.64. The van der Waals surface area contributed by atoms with Crippen molar-refractivity contribution in [3.63, 3.8) is 0 Å². The Bertz CT molecular complexity index is 115. The van der Waals surface area contributed by atoms with Gasteiger partial charge >= 0.3 is 0 Å². The maximum absolute atomic E-state index is 3.54. The number of nitrogens with one attached hydrogen (secondary N) is 1. The molecule has 0 aromatic carbocycles. The Morgan fingerprint density at radius 2 is 1.83 bits per heavy atom. The number of nitrogens with zero attached hydrogens (tertiary/aromatic N) is 1. The molecule has 1 N–H and O–H groups in total. The largest absolute Gasteiger partial charge is 0.309 e. The summed E-state index contributed by atoms with van der Waals surface area (Å²) in [6.45, 7) is 10.5. The van der Waals surface area contributed by atoms with Crippen LogP contribution in [0, 0.1) is 0 Å². The summed E-state index contributed by atoms with van der Waals surface area (Å²) in [5, 5.41) is 3.54. The normalized spacial score (nSPS) is 32.2. The molecule has 2 nitrogen and oxygen atoms in total. The van der Waals surface area contributed by atoms with Crippen molar-refractivity contribution in [2.75, 3.05) is 19.6 Å². The van der Waals surface area contributed by atoms with Crippen molar-refractivity contribution in [3.8, 4) is 0 Å². The van der Waals surface area contributed by atoms with E-state index in [0.29, 0.717) is 12.1 Å². The van der Waals surface area contributed by atoms with E-state index in [1.807, 2.05) is 0 Å². The molecule has 72 valence electrons. The monoisotopic (exact) mass is 170 g/mol. The summed E-state index contributed by atoms with van der Waals surface area (Å²) >= 11 is 0. The molecule has 1 fully saturated rings. The summed E-state index contributed by atoms with van der Waals surface area (Å²) in [5.74, 6) is 0. The maximum Gasteiger partial charge on any atom is 0.0169 e. The standard InChI is InChI=1S/C10H22N2/c1-4-5-6-12-7-9(2)11-10(3)8-12/h9-11H,4-8H2,1-3H3/t9-,10+. The van der Waals surface area contributed by atoms with Crippen LogP contribution in [0.1, 0.15) is 33.6 Å². The fraction of sp³-hybridized carbons (Fsp3) is 1.00. The van der Waals surface area contributed by atoms with Gasteiger partial charge in [-0.2, -0.15) is 0 Å². The fourth-order valence-electron chi connectivity index (χ4n) is 2.00. The molecule has 0 amide bonds. The van der Waals surface area contributed by atoms with Crippen LogP contribution in [0.15, 0.2) is 0 Å². The second-order valence-electron chi connectivity index (χ2n) is 4.08. The van der Waals surface area contributed by atoms with Crippen LogP contribution >= 0.6 is 0 Å². The summed E-state index contributed by atoms with van der Waals surface area (Å²) in [5.41, 5.74) is 0. The summed E-state index contributed by atoms with van der Waals surface area (Å²) in [6.07, 6.45) is 2.66. The fourth-order valence-corrected chi connectivity index (χ4v) is 2.00. The molecular weight excluding hydrogens is 148 g/mol. The number of hydrogen-bond donors (Lipinski definition) is 1. The molecule has 0 bridgehead atoms. The van der Waals surface area contributed by atoms with E-state index in [1.165, 1.54) is 32.5 Å². The van der Waals surface area contributed by atoms with E-state index in [9.17, 15) is 0 Å². The molecule has 12 heavy (non-hydrogen) atoms. The second kappa shape index (κ2) is 4.83. The lowest BCUT2D eigenvalue weighted by molar-refractivity contribution is 0.171. The van der Waals surface area contributed by atoms with Crippen LogP contribution in [0.25, 0.3) is 0 Å². The average molecular weight is 170 g/mol. The van der Waals surface area contributed by atoms with Crippen LogP contribution in [-0.4, -0.2) is 36.6 Å². The molecule has 0 radical (unpaired) electrons. The highest BCUT2D eigenvalue weighted by Gasteiger charge is 2.19. The van der Waals surface area contributed by atoms with E-state index in [0.717, 1.165) is 0 Å². The Labute approximate surface area is 76.3 Å². The minimum absolute atomic E-state index is 0.672. The second-order valence-corrected chi connectivity index (χ2v) is 4.08. The first-order valence-electron chi connectivity index (χ1n) is 5.20. The highest BCUT2D eigenvalue weighted by molar-refractivity contribution is 4.80. The Kier molecular flexibility index (Phi) is 4.02. The van der Waals surface area contributed by atoms with Gasteiger partial charge in [0.25, 0.3) is 0 Å². The van der Waals surface area contributed by atoms with Crippen molar-refractivity contribution in [3.05, 3.63) is 0 Å². The number of piperazine rings is 1. The lowest BCUT2D eigenvalue weighted by Crippen LogP contribution is -2.54. The van der Waals surface area contributed by atoms with Crippen LogP contribution in [0.3, 0.4) is 0 Å². The van der Waals surface area contributed by atoms with Crippen LogP contribution < -0.4 is 5.32 Å². The van der Waals surface area contributed by atoms with Gasteiger partial charge in [0.05, 0.1) is 0 Å². The predicted octanol–water partition coefficient (Wildman–Crippen LogP) is 1.47. The van der Waals surface area contributed by atoms with Gasteiger partial charge in [0.1, 0.15) is 0 Å². The molecule has 0 aromatic rings. The average Bonchev–Trinajstić information content (AvgIpc) is 1.99. The Morgan fingerprint density at radius 1 is 1.25 bits per heavy atom. The van der Waals surface area contributed by atoms with Gasteiger partial charge in [-0.25, -0.2) is 0 Å². The van der Waals surface area contributed by atoms with E-state index < -0.39 is 0 Å². The molecule has 0 aliphatic carbocycles. The third-order valence-electron chi connectivity index (χ3n) is 2.46. The van der Waals surface area contributed by atoms with E-state index >= 15 is 0 Å². The Morgan fingerprint density at radius 3 is 2.33 bits per heavy atom. The zero-order chi connectivity index (χ0) is 8.97. The summed E-state index contributed by atoms with van der Waals surface area (Å²) in [4.78, 5) is 2.58. The van der Waals surface area contributed by atoms with Crippen LogP contribution in [0.4, 0.5) is 0 Å². The summed E-state index contributed by atoms with van der Waals surface area (Å²) in [7, 11) is 0. The molecule has 0 unspecified atom stereocenters. The lowest BCUT2D eigenvalue weighted by atomic mass is 10.1. The molecular formula is C10H22N2. The van der Waals surface area contributed by atoms with Crippen molar-refractivity contribution >= 4 is 0 Å². The van der Waals surface area contributed by atoms with Gasteiger partial charge in [-0.3, -0.25) is 0 Å². The van der Waals surface area contributed by atoms with Crippen molar-refractivity contribution in [1.29, 1.82) is 0 Å². The molecule has 0 spiro atoms. The van der Waals surface area contributed by atoms with Crippen LogP contribution in [0.5, 0.6) is 0 Å². The van der Waals surface area contributed by atoms with E-state index in [2.05, 4.69) is 31.0 Å². The first kappa shape index (κ1) is 10.0. The number of rotatable bonds is 3.